The van der Waals surface area contributed by atoms with E-state index in [9.17, 15) is 0 Å². The minimum Gasteiger partial charge on any atom is -0.456 e. The van der Waals surface area contributed by atoms with Gasteiger partial charge in [0.1, 0.15) is 11.2 Å². The summed E-state index contributed by atoms with van der Waals surface area (Å²) in [6.45, 7) is 0. The van der Waals surface area contributed by atoms with Crippen LogP contribution in [0.4, 0.5) is 0 Å². The Kier molecular flexibility index (Phi) is 4.82. The van der Waals surface area contributed by atoms with E-state index in [1.54, 1.807) is 0 Å². The van der Waals surface area contributed by atoms with Gasteiger partial charge in [0.2, 0.25) is 0 Å². The average Bonchev–Trinajstić information content (AvgIpc) is 3.39. The molecule has 0 saturated carbocycles. The molecule has 0 amide bonds. The molecule has 0 unspecified atom stereocenters. The first-order valence-electron chi connectivity index (χ1n) is 13.1. The van der Waals surface area contributed by atoms with Crippen molar-refractivity contribution in [3.63, 3.8) is 0 Å². The lowest BCUT2D eigenvalue weighted by molar-refractivity contribution is 0.669. The van der Waals surface area contributed by atoms with Gasteiger partial charge in [0, 0.05) is 21.9 Å². The average molecular weight is 499 g/mol. The molecule has 0 radical (unpaired) electrons. The fraction of sp³-hybridized carbons (Fsp3) is 0. The molecule has 2 aromatic heterocycles. The van der Waals surface area contributed by atoms with Crippen LogP contribution >= 0.6 is 0 Å². The van der Waals surface area contributed by atoms with E-state index in [4.69, 9.17) is 14.4 Å². The van der Waals surface area contributed by atoms with E-state index < -0.39 is 0 Å². The number of nitrogens with zero attached hydrogens (tertiary/aromatic N) is 2. The second kappa shape index (κ2) is 8.64. The Hall–Kier alpha value is -5.28. The van der Waals surface area contributed by atoms with Crippen LogP contribution in [0, 0.1) is 0 Å². The Balaban J connectivity index is 1.33. The molecule has 3 heteroatoms. The maximum atomic E-state index is 6.19. The molecule has 3 nitrogen and oxygen atoms in total. The van der Waals surface area contributed by atoms with Gasteiger partial charge in [0.05, 0.1) is 22.4 Å². The standard InChI is InChI=1S/C36H22N2O/c1-2-9-26-22-27(21-18-23(26)8-1)24-16-19-25(20-17-24)35-36(38-31-13-5-4-12-30(31)37-35)29-11-7-15-33-34(29)28-10-3-6-14-32(28)39-33/h1-22H. The summed E-state index contributed by atoms with van der Waals surface area (Å²) in [6, 6.07) is 46.1. The van der Waals surface area contributed by atoms with Gasteiger partial charge in [-0.1, -0.05) is 103 Å². The van der Waals surface area contributed by atoms with Crippen LogP contribution in [-0.4, -0.2) is 9.97 Å². The van der Waals surface area contributed by atoms with Crippen LogP contribution < -0.4 is 0 Å². The van der Waals surface area contributed by atoms with E-state index in [1.165, 1.54) is 21.9 Å². The summed E-state index contributed by atoms with van der Waals surface area (Å²) in [5.74, 6) is 0. The zero-order chi connectivity index (χ0) is 25.8. The minimum absolute atomic E-state index is 0.848. The molecule has 0 spiro atoms. The predicted molar refractivity (Wildman–Crippen MR) is 161 cm³/mol. The number of aromatic nitrogens is 2. The van der Waals surface area contributed by atoms with Crippen LogP contribution in [0.2, 0.25) is 0 Å². The lowest BCUT2D eigenvalue weighted by Gasteiger charge is -2.12. The van der Waals surface area contributed by atoms with Crippen LogP contribution in [0.3, 0.4) is 0 Å². The highest BCUT2D eigenvalue weighted by molar-refractivity contribution is 6.13. The van der Waals surface area contributed by atoms with Crippen LogP contribution in [-0.2, 0) is 0 Å². The third-order valence-electron chi connectivity index (χ3n) is 7.47. The Bertz CT molecular complexity index is 2170. The number of hydrogen-bond donors (Lipinski definition) is 0. The van der Waals surface area contributed by atoms with Gasteiger partial charge in [-0.15, -0.1) is 0 Å². The molecule has 0 fully saturated rings. The minimum atomic E-state index is 0.848. The van der Waals surface area contributed by atoms with Gasteiger partial charge in [0.25, 0.3) is 0 Å². The van der Waals surface area contributed by atoms with Gasteiger partial charge in [-0.05, 0) is 52.2 Å². The highest BCUT2D eigenvalue weighted by Crippen LogP contribution is 2.40. The molecule has 2 heterocycles. The van der Waals surface area contributed by atoms with Crippen molar-refractivity contribution < 1.29 is 4.42 Å². The molecule has 8 rings (SSSR count). The maximum absolute atomic E-state index is 6.19. The Labute approximate surface area is 225 Å². The van der Waals surface area contributed by atoms with Crippen LogP contribution in [0.25, 0.3) is 77.4 Å². The molecular weight excluding hydrogens is 476 g/mol. The van der Waals surface area contributed by atoms with E-state index in [0.717, 1.165) is 55.5 Å². The van der Waals surface area contributed by atoms with Gasteiger partial charge >= 0.3 is 0 Å². The monoisotopic (exact) mass is 498 g/mol. The number of rotatable bonds is 3. The van der Waals surface area contributed by atoms with Crippen molar-refractivity contribution in [1.82, 2.24) is 9.97 Å². The first kappa shape index (κ1) is 21.8. The van der Waals surface area contributed by atoms with Crippen molar-refractivity contribution in [3.05, 3.63) is 133 Å². The SMILES string of the molecule is c1ccc2cc(-c3ccc(-c4nc5ccccc5nc4-c4cccc5oc6ccccc6c45)cc3)ccc2c1. The molecule has 6 aromatic carbocycles. The number of fused-ring (bicyclic) bond motifs is 5. The third kappa shape index (κ3) is 3.59. The number of hydrogen-bond acceptors (Lipinski definition) is 3. The first-order valence-corrected chi connectivity index (χ1v) is 13.1. The second-order valence-corrected chi connectivity index (χ2v) is 9.83. The van der Waals surface area contributed by atoms with Gasteiger partial charge in [-0.2, -0.15) is 0 Å². The van der Waals surface area contributed by atoms with Gasteiger partial charge in [0.15, 0.2) is 0 Å². The molecule has 0 saturated heterocycles. The molecule has 8 aromatic rings. The highest BCUT2D eigenvalue weighted by Gasteiger charge is 2.19. The molecule has 0 aliphatic carbocycles. The maximum Gasteiger partial charge on any atom is 0.136 e. The molecule has 0 aliphatic rings. The molecular formula is C36H22N2O. The van der Waals surface area contributed by atoms with Gasteiger partial charge < -0.3 is 4.42 Å². The largest absolute Gasteiger partial charge is 0.456 e. The summed E-state index contributed by atoms with van der Waals surface area (Å²) >= 11 is 0. The summed E-state index contributed by atoms with van der Waals surface area (Å²) in [7, 11) is 0. The van der Waals surface area contributed by atoms with E-state index >= 15 is 0 Å². The molecule has 0 N–H and O–H groups in total. The van der Waals surface area contributed by atoms with Crippen LogP contribution in [0.1, 0.15) is 0 Å². The molecule has 0 aliphatic heterocycles. The molecule has 0 atom stereocenters. The van der Waals surface area contributed by atoms with Crippen molar-refractivity contribution in [1.29, 1.82) is 0 Å². The van der Waals surface area contributed by atoms with Gasteiger partial charge in [-0.25, -0.2) is 9.97 Å². The molecule has 39 heavy (non-hydrogen) atoms. The number of para-hydroxylation sites is 3. The van der Waals surface area contributed by atoms with Crippen molar-refractivity contribution >= 4 is 43.7 Å². The Morgan fingerprint density at radius 1 is 0.436 bits per heavy atom. The van der Waals surface area contributed by atoms with E-state index in [-0.39, 0.29) is 0 Å². The zero-order valence-corrected chi connectivity index (χ0v) is 21.0. The van der Waals surface area contributed by atoms with Gasteiger partial charge in [-0.3, -0.25) is 0 Å². The lowest BCUT2D eigenvalue weighted by Crippen LogP contribution is -1.96. The quantitative estimate of drug-likeness (QED) is 0.243. The summed E-state index contributed by atoms with van der Waals surface area (Å²) in [4.78, 5) is 10.3. The topological polar surface area (TPSA) is 38.9 Å². The summed E-state index contributed by atoms with van der Waals surface area (Å²) in [6.07, 6.45) is 0. The summed E-state index contributed by atoms with van der Waals surface area (Å²) in [5, 5.41) is 4.62. The first-order chi connectivity index (χ1) is 19.3. The normalized spacial score (nSPS) is 11.6. The Morgan fingerprint density at radius 3 is 1.92 bits per heavy atom. The third-order valence-corrected chi connectivity index (χ3v) is 7.47. The van der Waals surface area contributed by atoms with Crippen LogP contribution in [0.5, 0.6) is 0 Å². The van der Waals surface area contributed by atoms with Crippen molar-refractivity contribution in [2.24, 2.45) is 0 Å². The summed E-state index contributed by atoms with van der Waals surface area (Å²) in [5.41, 5.74) is 9.58. The van der Waals surface area contributed by atoms with E-state index in [2.05, 4.69) is 78.9 Å². The van der Waals surface area contributed by atoms with Crippen molar-refractivity contribution in [2.45, 2.75) is 0 Å². The second-order valence-electron chi connectivity index (χ2n) is 9.83. The zero-order valence-electron chi connectivity index (χ0n) is 21.0. The number of furan rings is 1. The molecule has 182 valence electrons. The van der Waals surface area contributed by atoms with Crippen molar-refractivity contribution in [3.8, 4) is 33.6 Å². The fourth-order valence-corrected chi connectivity index (χ4v) is 5.55. The fourth-order valence-electron chi connectivity index (χ4n) is 5.55. The molecule has 0 bridgehead atoms. The summed E-state index contributed by atoms with van der Waals surface area (Å²) < 4.78 is 6.19. The lowest BCUT2D eigenvalue weighted by atomic mass is 9.96. The predicted octanol–water partition coefficient (Wildman–Crippen LogP) is 9.68. The van der Waals surface area contributed by atoms with E-state index in [0.29, 0.717) is 0 Å². The highest BCUT2D eigenvalue weighted by atomic mass is 16.3. The van der Waals surface area contributed by atoms with Crippen molar-refractivity contribution in [2.75, 3.05) is 0 Å². The van der Waals surface area contributed by atoms with Crippen LogP contribution in [0.15, 0.2) is 138 Å². The number of benzene rings is 6. The smallest absolute Gasteiger partial charge is 0.136 e. The van der Waals surface area contributed by atoms with E-state index in [1.807, 2.05) is 54.6 Å². The Morgan fingerprint density at radius 2 is 1.08 bits per heavy atom.